The predicted molar refractivity (Wildman–Crippen MR) is 79.9 cm³/mol. The number of rotatable bonds is 4. The van der Waals surface area contributed by atoms with Crippen LogP contribution in [0.5, 0.6) is 0 Å². The molecule has 0 spiro atoms. The highest BCUT2D eigenvalue weighted by Gasteiger charge is 2.22. The van der Waals surface area contributed by atoms with Gasteiger partial charge in [0.25, 0.3) is 0 Å². The van der Waals surface area contributed by atoms with Gasteiger partial charge in [-0.1, -0.05) is 36.4 Å². The summed E-state index contributed by atoms with van der Waals surface area (Å²) < 4.78 is 24.5. The fraction of sp³-hybridized carbons (Fsp3) is 0.200. The summed E-state index contributed by atoms with van der Waals surface area (Å²) in [5, 5.41) is 0. The van der Waals surface area contributed by atoms with Gasteiger partial charge in [0.05, 0.1) is 21.6 Å². The molecule has 0 aliphatic heterocycles. The summed E-state index contributed by atoms with van der Waals surface area (Å²) in [7, 11) is -2.54. The molecule has 0 saturated carbocycles. The molecule has 2 rings (SSSR count). The second-order valence-corrected chi connectivity index (χ2v) is 8.05. The van der Waals surface area contributed by atoms with E-state index in [1.54, 1.807) is 6.92 Å². The third kappa shape index (κ3) is 3.19. The largest absolute Gasteiger partial charge is 0.253 e. The van der Waals surface area contributed by atoms with Crippen LogP contribution in [0.1, 0.15) is 12.5 Å². The van der Waals surface area contributed by atoms with Crippen LogP contribution in [0, 0.1) is 6.92 Å². The van der Waals surface area contributed by atoms with Crippen LogP contribution in [-0.4, -0.2) is 13.0 Å². The van der Waals surface area contributed by atoms with E-state index in [9.17, 15) is 8.42 Å². The molecule has 3 atom stereocenters. The van der Waals surface area contributed by atoms with E-state index in [1.807, 2.05) is 61.5 Å². The summed E-state index contributed by atoms with van der Waals surface area (Å²) in [4.78, 5) is 1.48. The van der Waals surface area contributed by atoms with Crippen LogP contribution in [0.2, 0.25) is 0 Å². The third-order valence-electron chi connectivity index (χ3n) is 2.89. The highest BCUT2D eigenvalue weighted by Crippen LogP contribution is 2.21. The number of hydrogen-bond donors (Lipinski definition) is 0. The van der Waals surface area contributed by atoms with Crippen LogP contribution in [0.4, 0.5) is 0 Å². The van der Waals surface area contributed by atoms with Gasteiger partial charge in [-0.15, -0.1) is 0 Å². The minimum atomic E-state index is -1.27. The van der Waals surface area contributed by atoms with E-state index in [0.717, 1.165) is 15.4 Å². The molecule has 0 saturated heterocycles. The zero-order valence-electron chi connectivity index (χ0n) is 10.9. The molecule has 0 bridgehead atoms. The fourth-order valence-electron chi connectivity index (χ4n) is 1.79. The van der Waals surface area contributed by atoms with Crippen molar-refractivity contribution < 1.29 is 8.42 Å². The Balaban J connectivity index is 2.26. The van der Waals surface area contributed by atoms with Gasteiger partial charge in [-0.2, -0.15) is 0 Å². The number of benzene rings is 2. The summed E-state index contributed by atoms with van der Waals surface area (Å²) in [5.74, 6) is 0. The topological polar surface area (TPSA) is 34.1 Å². The Hall–Kier alpha value is -1.26. The average Bonchev–Trinajstić information content (AvgIpc) is 2.46. The highest BCUT2D eigenvalue weighted by molar-refractivity contribution is 8.03. The van der Waals surface area contributed by atoms with Crippen molar-refractivity contribution in [3.63, 3.8) is 0 Å². The van der Waals surface area contributed by atoms with Gasteiger partial charge >= 0.3 is 0 Å². The number of aryl methyl sites for hydroxylation is 1. The maximum absolute atomic E-state index is 12.5. The first-order valence-corrected chi connectivity index (χ1v) is 8.45. The first-order valence-electron chi connectivity index (χ1n) is 6.03. The maximum atomic E-state index is 12.5. The van der Waals surface area contributed by atoms with E-state index in [-0.39, 0.29) is 0 Å². The zero-order valence-corrected chi connectivity index (χ0v) is 12.5. The van der Waals surface area contributed by atoms with Gasteiger partial charge < -0.3 is 0 Å². The fourth-order valence-corrected chi connectivity index (χ4v) is 4.83. The van der Waals surface area contributed by atoms with E-state index in [0.29, 0.717) is 0 Å². The molecular formula is C15H16O2S2. The molecule has 4 heteroatoms. The third-order valence-corrected chi connectivity index (χ3v) is 6.77. The molecule has 2 aromatic rings. The van der Waals surface area contributed by atoms with E-state index < -0.39 is 26.2 Å². The molecule has 0 heterocycles. The van der Waals surface area contributed by atoms with Crippen molar-refractivity contribution >= 4 is 21.6 Å². The lowest BCUT2D eigenvalue weighted by Crippen LogP contribution is -2.18. The van der Waals surface area contributed by atoms with Crippen molar-refractivity contribution in [3.05, 3.63) is 60.2 Å². The zero-order chi connectivity index (χ0) is 13.8. The predicted octanol–water partition coefficient (Wildman–Crippen LogP) is 3.26. The van der Waals surface area contributed by atoms with Gasteiger partial charge in [0.15, 0.2) is 0 Å². The summed E-state index contributed by atoms with van der Waals surface area (Å²) in [6, 6.07) is 16.7. The first-order chi connectivity index (χ1) is 9.11. The molecule has 100 valence electrons. The van der Waals surface area contributed by atoms with Crippen molar-refractivity contribution in [1.82, 2.24) is 0 Å². The Morgan fingerprint density at radius 3 is 2.05 bits per heavy atom. The molecule has 19 heavy (non-hydrogen) atoms. The summed E-state index contributed by atoms with van der Waals surface area (Å²) in [6.07, 6.45) is 0. The molecule has 0 aromatic heterocycles. The van der Waals surface area contributed by atoms with Crippen molar-refractivity contribution in [3.8, 4) is 0 Å². The van der Waals surface area contributed by atoms with Gasteiger partial charge in [0.1, 0.15) is 4.58 Å². The van der Waals surface area contributed by atoms with Gasteiger partial charge in [0, 0.05) is 9.79 Å². The Morgan fingerprint density at radius 2 is 1.42 bits per heavy atom. The summed E-state index contributed by atoms with van der Waals surface area (Å²) in [5.41, 5.74) is 0.970. The average molecular weight is 292 g/mol. The van der Waals surface area contributed by atoms with E-state index >= 15 is 0 Å². The Kier molecular flexibility index (Phi) is 4.66. The molecule has 2 nitrogen and oxygen atoms in total. The smallest absolute Gasteiger partial charge is 0.116 e. The summed E-state index contributed by atoms with van der Waals surface area (Å²) >= 11 is 0. The van der Waals surface area contributed by atoms with Crippen LogP contribution in [-0.2, 0) is 21.6 Å². The highest BCUT2D eigenvalue weighted by atomic mass is 32.2. The SMILES string of the molecule is Cc1ccccc1S(=O)C(C)S(=O)c1ccccc1. The van der Waals surface area contributed by atoms with Crippen molar-refractivity contribution in [2.45, 2.75) is 28.2 Å². The lowest BCUT2D eigenvalue weighted by atomic mass is 10.2. The Bertz CT molecular complexity index is 609. The molecule has 3 unspecified atom stereocenters. The van der Waals surface area contributed by atoms with Crippen molar-refractivity contribution in [2.24, 2.45) is 0 Å². The molecule has 2 aromatic carbocycles. The minimum absolute atomic E-state index is 0.427. The van der Waals surface area contributed by atoms with E-state index in [4.69, 9.17) is 0 Å². The first kappa shape index (κ1) is 14.2. The molecule has 0 radical (unpaired) electrons. The Morgan fingerprint density at radius 1 is 0.842 bits per heavy atom. The van der Waals surface area contributed by atoms with Gasteiger partial charge in [-0.25, -0.2) is 0 Å². The lowest BCUT2D eigenvalue weighted by molar-refractivity contribution is 0.671. The maximum Gasteiger partial charge on any atom is 0.116 e. The van der Waals surface area contributed by atoms with Crippen molar-refractivity contribution in [1.29, 1.82) is 0 Å². The van der Waals surface area contributed by atoms with Gasteiger partial charge in [0.2, 0.25) is 0 Å². The Labute approximate surface area is 118 Å². The molecule has 0 amide bonds. The van der Waals surface area contributed by atoms with Gasteiger partial charge in [-0.05, 0) is 37.6 Å². The van der Waals surface area contributed by atoms with Crippen LogP contribution in [0.25, 0.3) is 0 Å². The van der Waals surface area contributed by atoms with Crippen LogP contribution >= 0.6 is 0 Å². The van der Waals surface area contributed by atoms with E-state index in [2.05, 4.69) is 0 Å². The van der Waals surface area contributed by atoms with Gasteiger partial charge in [-0.3, -0.25) is 8.42 Å². The normalized spacial score (nSPS) is 15.7. The molecule has 0 N–H and O–H groups in total. The second kappa shape index (κ2) is 6.26. The number of hydrogen-bond acceptors (Lipinski definition) is 2. The minimum Gasteiger partial charge on any atom is -0.253 e. The molecular weight excluding hydrogens is 276 g/mol. The monoisotopic (exact) mass is 292 g/mol. The van der Waals surface area contributed by atoms with Crippen molar-refractivity contribution in [2.75, 3.05) is 0 Å². The molecule has 0 aliphatic carbocycles. The quantitative estimate of drug-likeness (QED) is 0.867. The molecule has 0 fully saturated rings. The standard InChI is InChI=1S/C15H16O2S2/c1-12-8-6-7-11-15(12)19(17)13(2)18(16)14-9-4-3-5-10-14/h3-11,13H,1-2H3. The van der Waals surface area contributed by atoms with E-state index in [1.165, 1.54) is 0 Å². The lowest BCUT2D eigenvalue weighted by Gasteiger charge is -2.13. The second-order valence-electron chi connectivity index (χ2n) is 4.24. The van der Waals surface area contributed by atoms with Crippen LogP contribution in [0.15, 0.2) is 64.4 Å². The molecule has 0 aliphatic rings. The summed E-state index contributed by atoms with van der Waals surface area (Å²) in [6.45, 7) is 3.69. The van der Waals surface area contributed by atoms with Crippen LogP contribution < -0.4 is 0 Å². The van der Waals surface area contributed by atoms with Crippen LogP contribution in [0.3, 0.4) is 0 Å².